The van der Waals surface area contributed by atoms with Crippen LogP contribution in [-0.4, -0.2) is 0 Å². The number of hydrogen-bond acceptors (Lipinski definition) is 0. The Bertz CT molecular complexity index is 364. The van der Waals surface area contributed by atoms with E-state index in [-0.39, 0.29) is 21.2 Å². The third-order valence-corrected chi connectivity index (χ3v) is 3.51. The minimum atomic E-state index is -1.72. The second kappa shape index (κ2) is 5.27. The van der Waals surface area contributed by atoms with Crippen LogP contribution in [0.25, 0.3) is 0 Å². The third-order valence-electron chi connectivity index (χ3n) is 1.67. The van der Waals surface area contributed by atoms with Crippen molar-refractivity contribution in [2.24, 2.45) is 0 Å². The normalized spacial score (nSPS) is 13.0. The largest absolute Gasteiger partial charge is 0.217 e. The van der Waals surface area contributed by atoms with Gasteiger partial charge in [-0.05, 0) is 12.1 Å². The van der Waals surface area contributed by atoms with Crippen LogP contribution >= 0.6 is 92.8 Å². The minimum absolute atomic E-state index is 0.183. The highest BCUT2D eigenvalue weighted by Crippen LogP contribution is 2.48. The quantitative estimate of drug-likeness (QED) is 0.441. The molecular weight excluding hydrogens is 380 g/mol. The molecule has 0 unspecified atom stereocenters. The highest BCUT2D eigenvalue weighted by Gasteiger charge is 2.32. The summed E-state index contributed by atoms with van der Waals surface area (Å²) in [7, 11) is 0. The molecule has 0 fully saturated rings. The smallest absolute Gasteiger partial charge is 0.0838 e. The van der Waals surface area contributed by atoms with Crippen LogP contribution in [0.2, 0.25) is 10.0 Å². The lowest BCUT2D eigenvalue weighted by molar-refractivity contribution is 1.17. The van der Waals surface area contributed by atoms with Crippen molar-refractivity contribution in [2.45, 2.75) is 7.59 Å². The van der Waals surface area contributed by atoms with Crippen LogP contribution in [0.3, 0.4) is 0 Å². The summed E-state index contributed by atoms with van der Waals surface area (Å²) in [6.45, 7) is 0. The van der Waals surface area contributed by atoms with Crippen molar-refractivity contribution < 1.29 is 0 Å². The molecule has 0 aliphatic carbocycles. The predicted molar refractivity (Wildman–Crippen MR) is 74.9 cm³/mol. The van der Waals surface area contributed by atoms with E-state index in [1.807, 2.05) is 0 Å². The van der Waals surface area contributed by atoms with Gasteiger partial charge in [-0.1, -0.05) is 92.8 Å². The lowest BCUT2D eigenvalue weighted by atomic mass is 10.1. The Morgan fingerprint density at radius 1 is 0.625 bits per heavy atom. The number of halogens is 8. The van der Waals surface area contributed by atoms with E-state index in [0.717, 1.165) is 0 Å². The minimum Gasteiger partial charge on any atom is -0.0838 e. The zero-order chi connectivity index (χ0) is 12.7. The van der Waals surface area contributed by atoms with Crippen molar-refractivity contribution in [3.63, 3.8) is 0 Å². The molecule has 1 aromatic rings. The molecule has 0 saturated carbocycles. The maximum absolute atomic E-state index is 5.87. The molecule has 0 radical (unpaired) electrons. The Morgan fingerprint density at radius 3 is 1.19 bits per heavy atom. The summed E-state index contributed by atoms with van der Waals surface area (Å²) in [5.74, 6) is 0. The molecule has 0 bridgehead atoms. The third kappa shape index (κ3) is 3.76. The summed E-state index contributed by atoms with van der Waals surface area (Å²) in [5, 5.41) is 0.367. The summed E-state index contributed by atoms with van der Waals surface area (Å²) in [5.41, 5.74) is 0.398. The highest BCUT2D eigenvalue weighted by atomic mass is 35.6. The van der Waals surface area contributed by atoms with Gasteiger partial charge in [0.1, 0.15) is 0 Å². The van der Waals surface area contributed by atoms with Crippen molar-refractivity contribution >= 4 is 92.8 Å². The molecule has 16 heavy (non-hydrogen) atoms. The molecule has 0 atom stereocenters. The van der Waals surface area contributed by atoms with Gasteiger partial charge in [0.15, 0.2) is 0 Å². The van der Waals surface area contributed by atoms with Crippen LogP contribution < -0.4 is 0 Å². The van der Waals surface area contributed by atoms with Crippen molar-refractivity contribution in [1.29, 1.82) is 0 Å². The topological polar surface area (TPSA) is 0 Å². The standard InChI is InChI=1S/C8H2Cl8/c9-5-2-6(10)4(8(14,15)16)1-3(5)7(11,12)13/h1-2H. The van der Waals surface area contributed by atoms with Gasteiger partial charge in [-0.15, -0.1) is 0 Å². The molecule has 8 heteroatoms. The van der Waals surface area contributed by atoms with E-state index in [1.54, 1.807) is 0 Å². The van der Waals surface area contributed by atoms with Gasteiger partial charge in [0.25, 0.3) is 0 Å². The van der Waals surface area contributed by atoms with Crippen LogP contribution in [0.1, 0.15) is 11.1 Å². The second-order valence-corrected chi connectivity index (χ2v) is 8.18. The molecule has 0 saturated heterocycles. The molecule has 0 nitrogen and oxygen atoms in total. The van der Waals surface area contributed by atoms with Crippen LogP contribution in [0, 0.1) is 0 Å². The highest BCUT2D eigenvalue weighted by molar-refractivity contribution is 6.68. The SMILES string of the molecule is Clc1cc(Cl)c(C(Cl)(Cl)Cl)cc1C(Cl)(Cl)Cl. The molecule has 0 amide bonds. The Labute approximate surface area is 133 Å². The maximum Gasteiger partial charge on any atom is 0.217 e. The molecule has 0 aromatic heterocycles. The molecule has 0 spiro atoms. The molecule has 0 heterocycles. The zero-order valence-corrected chi connectivity index (χ0v) is 13.2. The summed E-state index contributed by atoms with van der Waals surface area (Å²) in [6, 6.07) is 2.71. The fourth-order valence-corrected chi connectivity index (χ4v) is 2.88. The Balaban J connectivity index is 3.45. The number of hydrogen-bond donors (Lipinski definition) is 0. The average molecular weight is 382 g/mol. The summed E-state index contributed by atoms with van der Waals surface area (Å²) >= 11 is 46.0. The predicted octanol–water partition coefficient (Wildman–Crippen LogP) is 6.65. The first kappa shape index (κ1) is 15.6. The van der Waals surface area contributed by atoms with Crippen molar-refractivity contribution in [3.05, 3.63) is 33.3 Å². The van der Waals surface area contributed by atoms with Gasteiger partial charge in [-0.3, -0.25) is 0 Å². The van der Waals surface area contributed by atoms with Crippen LogP contribution in [0.15, 0.2) is 12.1 Å². The van der Waals surface area contributed by atoms with Gasteiger partial charge in [-0.25, -0.2) is 0 Å². The first-order valence-electron chi connectivity index (χ1n) is 3.67. The molecule has 1 rings (SSSR count). The first-order chi connectivity index (χ1) is 7.03. The van der Waals surface area contributed by atoms with Gasteiger partial charge in [0, 0.05) is 21.2 Å². The summed E-state index contributed by atoms with van der Waals surface area (Å²) in [4.78, 5) is 0. The fourth-order valence-electron chi connectivity index (χ4n) is 0.983. The second-order valence-electron chi connectivity index (χ2n) is 2.81. The van der Waals surface area contributed by atoms with E-state index in [0.29, 0.717) is 0 Å². The lowest BCUT2D eigenvalue weighted by Gasteiger charge is -2.19. The Morgan fingerprint density at radius 2 is 0.938 bits per heavy atom. The summed E-state index contributed by atoms with van der Waals surface area (Å²) in [6.07, 6.45) is 0. The number of benzene rings is 1. The van der Waals surface area contributed by atoms with E-state index in [2.05, 4.69) is 0 Å². The Kier molecular flexibility index (Phi) is 5.13. The van der Waals surface area contributed by atoms with Crippen molar-refractivity contribution in [3.8, 4) is 0 Å². The van der Waals surface area contributed by atoms with Gasteiger partial charge in [-0.2, -0.15) is 0 Å². The number of alkyl halides is 6. The van der Waals surface area contributed by atoms with Crippen molar-refractivity contribution in [1.82, 2.24) is 0 Å². The van der Waals surface area contributed by atoms with E-state index in [1.165, 1.54) is 12.1 Å². The fraction of sp³-hybridized carbons (Fsp3) is 0.250. The van der Waals surface area contributed by atoms with Gasteiger partial charge in [0.2, 0.25) is 7.59 Å². The maximum atomic E-state index is 5.87. The molecular formula is C8H2Cl8. The average Bonchev–Trinajstić information content (AvgIpc) is 1.97. The van der Waals surface area contributed by atoms with E-state index >= 15 is 0 Å². The first-order valence-corrected chi connectivity index (χ1v) is 6.69. The van der Waals surface area contributed by atoms with Gasteiger partial charge >= 0.3 is 0 Å². The number of rotatable bonds is 0. The summed E-state index contributed by atoms with van der Waals surface area (Å²) < 4.78 is -3.43. The van der Waals surface area contributed by atoms with E-state index in [9.17, 15) is 0 Å². The molecule has 1 aromatic carbocycles. The molecule has 0 N–H and O–H groups in total. The molecule has 0 aliphatic rings. The lowest BCUT2D eigenvalue weighted by Crippen LogP contribution is -2.07. The molecule has 0 aliphatic heterocycles. The van der Waals surface area contributed by atoms with Crippen LogP contribution in [0.5, 0.6) is 0 Å². The molecule has 90 valence electrons. The van der Waals surface area contributed by atoms with Crippen molar-refractivity contribution in [2.75, 3.05) is 0 Å². The van der Waals surface area contributed by atoms with Gasteiger partial charge in [0.05, 0.1) is 0 Å². The van der Waals surface area contributed by atoms with E-state index < -0.39 is 7.59 Å². The van der Waals surface area contributed by atoms with E-state index in [4.69, 9.17) is 92.8 Å². The van der Waals surface area contributed by atoms with Crippen LogP contribution in [0.4, 0.5) is 0 Å². The zero-order valence-electron chi connectivity index (χ0n) is 7.18. The van der Waals surface area contributed by atoms with Gasteiger partial charge < -0.3 is 0 Å². The monoisotopic (exact) mass is 378 g/mol. The van der Waals surface area contributed by atoms with Crippen LogP contribution in [-0.2, 0) is 7.59 Å². The Hall–Kier alpha value is 1.54.